The van der Waals surface area contributed by atoms with Gasteiger partial charge in [-0.2, -0.15) is 0 Å². The molecule has 2 heteroatoms. The van der Waals surface area contributed by atoms with Crippen LogP contribution in [0.2, 0.25) is 0 Å². The Kier molecular flexibility index (Phi) is 3.04. The normalized spacial score (nSPS) is 30.5. The Morgan fingerprint density at radius 2 is 2.42 bits per heavy atom. The van der Waals surface area contributed by atoms with Crippen molar-refractivity contribution in [1.29, 1.82) is 0 Å². The summed E-state index contributed by atoms with van der Waals surface area (Å²) < 4.78 is 0. The van der Waals surface area contributed by atoms with Gasteiger partial charge in [0.15, 0.2) is 0 Å². The van der Waals surface area contributed by atoms with Gasteiger partial charge in [0.1, 0.15) is 5.78 Å². The summed E-state index contributed by atoms with van der Waals surface area (Å²) in [6.07, 6.45) is 4.02. The highest BCUT2D eigenvalue weighted by Crippen LogP contribution is 2.26. The van der Waals surface area contributed by atoms with Crippen molar-refractivity contribution in [3.05, 3.63) is 12.7 Å². The third-order valence-corrected chi connectivity index (χ3v) is 2.66. The van der Waals surface area contributed by atoms with Crippen LogP contribution >= 0.6 is 0 Å². The molecular formula is C10H17NO. The summed E-state index contributed by atoms with van der Waals surface area (Å²) >= 11 is 0. The second-order valence-electron chi connectivity index (χ2n) is 3.61. The van der Waals surface area contributed by atoms with Crippen molar-refractivity contribution < 1.29 is 4.79 Å². The third kappa shape index (κ3) is 1.75. The molecule has 2 nitrogen and oxygen atoms in total. The molecule has 0 N–H and O–H groups in total. The van der Waals surface area contributed by atoms with Crippen molar-refractivity contribution in [1.82, 2.24) is 4.90 Å². The van der Waals surface area contributed by atoms with Gasteiger partial charge in [-0.05, 0) is 39.3 Å². The van der Waals surface area contributed by atoms with Gasteiger partial charge in [0.2, 0.25) is 0 Å². The Morgan fingerprint density at radius 1 is 1.75 bits per heavy atom. The molecule has 68 valence electrons. The number of Topliss-reactive ketones (excluding diaryl/α,β-unsaturated/α-hetero) is 1. The zero-order valence-corrected chi connectivity index (χ0v) is 7.92. The Balaban J connectivity index is 2.63. The minimum atomic E-state index is 0.142. The van der Waals surface area contributed by atoms with Gasteiger partial charge in [0.25, 0.3) is 0 Å². The average molecular weight is 167 g/mol. The van der Waals surface area contributed by atoms with Crippen LogP contribution in [0.3, 0.4) is 0 Å². The molecular weight excluding hydrogens is 150 g/mol. The van der Waals surface area contributed by atoms with Crippen LogP contribution in [0.1, 0.15) is 19.8 Å². The van der Waals surface area contributed by atoms with Crippen LogP contribution in [0.5, 0.6) is 0 Å². The van der Waals surface area contributed by atoms with Crippen molar-refractivity contribution in [2.45, 2.75) is 25.8 Å². The van der Waals surface area contributed by atoms with Gasteiger partial charge in [0, 0.05) is 0 Å². The predicted octanol–water partition coefficient (Wildman–Crippen LogP) is 1.47. The number of likely N-dealkylation sites (tertiary alicyclic amines) is 1. The Labute approximate surface area is 74.2 Å². The van der Waals surface area contributed by atoms with Gasteiger partial charge in [-0.3, -0.25) is 9.69 Å². The molecule has 1 fully saturated rings. The minimum Gasteiger partial charge on any atom is -0.298 e. The molecule has 0 spiro atoms. The number of allylic oxidation sites excluding steroid dienone is 1. The second kappa shape index (κ2) is 3.85. The number of ketones is 1. The van der Waals surface area contributed by atoms with Crippen molar-refractivity contribution in [2.75, 3.05) is 13.6 Å². The first-order valence-corrected chi connectivity index (χ1v) is 4.48. The summed E-state index contributed by atoms with van der Waals surface area (Å²) in [6, 6.07) is 0.142. The highest BCUT2D eigenvalue weighted by molar-refractivity contribution is 5.82. The molecule has 0 amide bonds. The van der Waals surface area contributed by atoms with Crippen LogP contribution in [0.25, 0.3) is 0 Å². The van der Waals surface area contributed by atoms with E-state index >= 15 is 0 Å². The Bertz CT molecular complexity index is 188. The zero-order valence-electron chi connectivity index (χ0n) is 7.92. The molecule has 2 unspecified atom stereocenters. The fraction of sp³-hybridized carbons (Fsp3) is 0.700. The van der Waals surface area contributed by atoms with Crippen molar-refractivity contribution in [3.63, 3.8) is 0 Å². The van der Waals surface area contributed by atoms with E-state index in [1.807, 2.05) is 13.1 Å². The monoisotopic (exact) mass is 167 g/mol. The summed E-state index contributed by atoms with van der Waals surface area (Å²) in [6.45, 7) is 6.44. The largest absolute Gasteiger partial charge is 0.298 e. The maximum Gasteiger partial charge on any atom is 0.147 e. The van der Waals surface area contributed by atoms with Crippen molar-refractivity contribution in [2.24, 2.45) is 5.92 Å². The number of rotatable bonds is 3. The Morgan fingerprint density at radius 3 is 2.92 bits per heavy atom. The van der Waals surface area contributed by atoms with Gasteiger partial charge in [-0.25, -0.2) is 0 Å². The lowest BCUT2D eigenvalue weighted by Crippen LogP contribution is -2.35. The van der Waals surface area contributed by atoms with E-state index < -0.39 is 0 Å². The SMILES string of the molecule is C=CCC1CCN(C)C1C(C)=O. The van der Waals surface area contributed by atoms with E-state index in [0.29, 0.717) is 11.7 Å². The van der Waals surface area contributed by atoms with E-state index in [9.17, 15) is 4.79 Å². The number of nitrogens with zero attached hydrogens (tertiary/aromatic N) is 1. The molecule has 12 heavy (non-hydrogen) atoms. The minimum absolute atomic E-state index is 0.142. The number of carbonyl (C=O) groups is 1. The van der Waals surface area contributed by atoms with Gasteiger partial charge in [0.05, 0.1) is 6.04 Å². The lowest BCUT2D eigenvalue weighted by atomic mass is 9.94. The van der Waals surface area contributed by atoms with E-state index in [1.54, 1.807) is 6.92 Å². The maximum atomic E-state index is 11.3. The molecule has 2 atom stereocenters. The van der Waals surface area contributed by atoms with Crippen molar-refractivity contribution >= 4 is 5.78 Å². The van der Waals surface area contributed by atoms with Gasteiger partial charge >= 0.3 is 0 Å². The molecule has 0 saturated carbocycles. The van der Waals surface area contributed by atoms with Gasteiger partial charge < -0.3 is 0 Å². The molecule has 0 aromatic rings. The number of hydrogen-bond donors (Lipinski definition) is 0. The highest BCUT2D eigenvalue weighted by Gasteiger charge is 2.33. The van der Waals surface area contributed by atoms with E-state index in [4.69, 9.17) is 0 Å². The lowest BCUT2D eigenvalue weighted by Gasteiger charge is -2.21. The standard InChI is InChI=1S/C10H17NO/c1-4-5-9-6-7-11(3)10(9)8(2)12/h4,9-10H,1,5-7H2,2-3H3. The summed E-state index contributed by atoms with van der Waals surface area (Å²) in [5.41, 5.74) is 0. The summed E-state index contributed by atoms with van der Waals surface area (Å²) in [4.78, 5) is 13.4. The molecule has 1 aliphatic rings. The number of carbonyl (C=O) groups excluding carboxylic acids is 1. The Hall–Kier alpha value is -0.630. The first-order chi connectivity index (χ1) is 5.66. The molecule has 0 aromatic heterocycles. The molecule has 0 aliphatic carbocycles. The fourth-order valence-corrected chi connectivity index (χ4v) is 2.13. The predicted molar refractivity (Wildman–Crippen MR) is 50.0 cm³/mol. The second-order valence-corrected chi connectivity index (χ2v) is 3.61. The molecule has 1 aliphatic heterocycles. The van der Waals surface area contributed by atoms with E-state index in [1.165, 1.54) is 0 Å². The molecule has 1 heterocycles. The van der Waals surface area contributed by atoms with Crippen LogP contribution in [0.15, 0.2) is 12.7 Å². The quantitative estimate of drug-likeness (QED) is 0.593. The number of likely N-dealkylation sites (N-methyl/N-ethyl adjacent to an activating group) is 1. The van der Waals surface area contributed by atoms with E-state index in [2.05, 4.69) is 11.5 Å². The zero-order chi connectivity index (χ0) is 9.14. The molecule has 0 radical (unpaired) electrons. The maximum absolute atomic E-state index is 11.3. The topological polar surface area (TPSA) is 20.3 Å². The summed E-state index contributed by atoms with van der Waals surface area (Å²) in [5.74, 6) is 0.798. The molecule has 1 saturated heterocycles. The van der Waals surface area contributed by atoms with E-state index in [0.717, 1.165) is 19.4 Å². The average Bonchev–Trinajstić information content (AvgIpc) is 2.32. The van der Waals surface area contributed by atoms with Crippen LogP contribution < -0.4 is 0 Å². The summed E-state index contributed by atoms with van der Waals surface area (Å²) in [7, 11) is 2.02. The molecule has 0 bridgehead atoms. The molecule has 1 rings (SSSR count). The smallest absolute Gasteiger partial charge is 0.147 e. The van der Waals surface area contributed by atoms with Crippen molar-refractivity contribution in [3.8, 4) is 0 Å². The summed E-state index contributed by atoms with van der Waals surface area (Å²) in [5, 5.41) is 0. The first kappa shape index (κ1) is 9.46. The highest BCUT2D eigenvalue weighted by atomic mass is 16.1. The lowest BCUT2D eigenvalue weighted by molar-refractivity contribution is -0.121. The van der Waals surface area contributed by atoms with Gasteiger partial charge in [-0.1, -0.05) is 6.08 Å². The van der Waals surface area contributed by atoms with Crippen LogP contribution in [-0.4, -0.2) is 30.3 Å². The van der Waals surface area contributed by atoms with E-state index in [-0.39, 0.29) is 6.04 Å². The molecule has 0 aromatic carbocycles. The fourth-order valence-electron chi connectivity index (χ4n) is 2.13. The van der Waals surface area contributed by atoms with Crippen LogP contribution in [0, 0.1) is 5.92 Å². The number of hydrogen-bond acceptors (Lipinski definition) is 2. The van der Waals surface area contributed by atoms with Gasteiger partial charge in [-0.15, -0.1) is 6.58 Å². The van der Waals surface area contributed by atoms with Crippen LogP contribution in [-0.2, 0) is 4.79 Å². The first-order valence-electron chi connectivity index (χ1n) is 4.48. The third-order valence-electron chi connectivity index (χ3n) is 2.66. The van der Waals surface area contributed by atoms with Crippen LogP contribution in [0.4, 0.5) is 0 Å².